The molecule has 0 aromatic heterocycles. The van der Waals surface area contributed by atoms with Crippen molar-refractivity contribution in [3.05, 3.63) is 29.6 Å². The molecule has 0 bridgehead atoms. The Morgan fingerprint density at radius 1 is 1.35 bits per heavy atom. The van der Waals surface area contributed by atoms with Crippen LogP contribution in [0, 0.1) is 5.82 Å². The van der Waals surface area contributed by atoms with Crippen molar-refractivity contribution in [3.8, 4) is 0 Å². The van der Waals surface area contributed by atoms with Gasteiger partial charge in [-0.2, -0.15) is 0 Å². The summed E-state index contributed by atoms with van der Waals surface area (Å²) in [7, 11) is 1.80. The van der Waals surface area contributed by atoms with Gasteiger partial charge >= 0.3 is 0 Å². The molecule has 2 rings (SSSR count). The molecule has 1 saturated heterocycles. The number of benzene rings is 1. The van der Waals surface area contributed by atoms with Gasteiger partial charge in [0, 0.05) is 37.9 Å². The third kappa shape index (κ3) is 3.28. The summed E-state index contributed by atoms with van der Waals surface area (Å²) in [5.41, 5.74) is 1.48. The van der Waals surface area contributed by atoms with Crippen LogP contribution in [-0.4, -0.2) is 44.0 Å². The van der Waals surface area contributed by atoms with E-state index < -0.39 is 0 Å². The minimum absolute atomic E-state index is 0.0768. The van der Waals surface area contributed by atoms with Crippen molar-refractivity contribution < 1.29 is 9.18 Å². The van der Waals surface area contributed by atoms with Crippen LogP contribution in [0.15, 0.2) is 18.2 Å². The second-order valence-electron chi connectivity index (χ2n) is 5.15. The minimum atomic E-state index is -0.211. The molecule has 110 valence electrons. The second kappa shape index (κ2) is 6.70. The molecular weight excluding hydrogens is 257 g/mol. The van der Waals surface area contributed by atoms with Crippen LogP contribution >= 0.6 is 0 Å². The van der Waals surface area contributed by atoms with Gasteiger partial charge in [0.15, 0.2) is 0 Å². The van der Waals surface area contributed by atoms with E-state index in [4.69, 9.17) is 0 Å². The first kappa shape index (κ1) is 14.8. The average molecular weight is 279 g/mol. The number of hydrogen-bond acceptors (Lipinski definition) is 3. The smallest absolute Gasteiger partial charge is 0.241 e. The maximum atomic E-state index is 14.0. The van der Waals surface area contributed by atoms with Crippen LogP contribution in [0.2, 0.25) is 0 Å². The highest BCUT2D eigenvalue weighted by atomic mass is 19.1. The highest BCUT2D eigenvalue weighted by molar-refractivity contribution is 5.83. The number of likely N-dealkylation sites (N-methyl/N-ethyl adjacent to an activating group) is 1. The summed E-state index contributed by atoms with van der Waals surface area (Å²) in [6.07, 6.45) is 1.01. The van der Waals surface area contributed by atoms with Crippen LogP contribution in [0.4, 0.5) is 10.1 Å². The Labute approximate surface area is 119 Å². The van der Waals surface area contributed by atoms with Gasteiger partial charge in [0.05, 0.1) is 6.54 Å². The van der Waals surface area contributed by atoms with Gasteiger partial charge in [-0.25, -0.2) is 4.39 Å². The molecule has 1 fully saturated rings. The molecule has 0 spiro atoms. The van der Waals surface area contributed by atoms with Gasteiger partial charge < -0.3 is 15.1 Å². The fraction of sp³-hybridized carbons (Fsp3) is 0.533. The summed E-state index contributed by atoms with van der Waals surface area (Å²) in [5, 5.41) is 3.23. The lowest BCUT2D eigenvalue weighted by molar-refractivity contribution is -0.129. The number of carbonyl (C=O) groups excluding carboxylic acids is 1. The molecule has 5 heteroatoms. The third-order valence-electron chi connectivity index (χ3n) is 3.62. The van der Waals surface area contributed by atoms with Gasteiger partial charge in [0.25, 0.3) is 0 Å². The van der Waals surface area contributed by atoms with E-state index in [0.29, 0.717) is 25.2 Å². The van der Waals surface area contributed by atoms with Crippen LogP contribution in [0.1, 0.15) is 18.9 Å². The summed E-state index contributed by atoms with van der Waals surface area (Å²) in [4.78, 5) is 15.5. The molecule has 0 radical (unpaired) electrons. The first-order valence-corrected chi connectivity index (χ1v) is 7.10. The Morgan fingerprint density at radius 3 is 2.85 bits per heavy atom. The molecule has 0 aliphatic carbocycles. The fourth-order valence-corrected chi connectivity index (χ4v) is 2.37. The molecule has 4 nitrogen and oxygen atoms in total. The molecule has 1 aliphatic heterocycles. The predicted octanol–water partition coefficient (Wildman–Crippen LogP) is 1.60. The van der Waals surface area contributed by atoms with Crippen LogP contribution in [-0.2, 0) is 11.3 Å². The van der Waals surface area contributed by atoms with Crippen molar-refractivity contribution in [1.29, 1.82) is 0 Å². The van der Waals surface area contributed by atoms with E-state index in [9.17, 15) is 9.18 Å². The summed E-state index contributed by atoms with van der Waals surface area (Å²) >= 11 is 0. The highest BCUT2D eigenvalue weighted by Gasteiger charge is 2.23. The third-order valence-corrected chi connectivity index (χ3v) is 3.62. The molecule has 0 unspecified atom stereocenters. The number of nitrogens with zero attached hydrogens (tertiary/aromatic N) is 2. The van der Waals surface area contributed by atoms with Crippen LogP contribution in [0.5, 0.6) is 0 Å². The quantitative estimate of drug-likeness (QED) is 0.832. The number of nitrogens with one attached hydrogen (secondary N) is 1. The summed E-state index contributed by atoms with van der Waals surface area (Å²) in [6, 6.07) is 5.08. The van der Waals surface area contributed by atoms with E-state index >= 15 is 0 Å². The van der Waals surface area contributed by atoms with E-state index in [2.05, 4.69) is 12.2 Å². The largest absolute Gasteiger partial charge is 0.360 e. The standard InChI is InChI=1S/C15H22FN3O/c1-3-7-17-10-12-13(16)5-4-6-14(12)19-9-8-18(2)15(20)11-19/h4-6,17H,3,7-11H2,1-2H3. The SMILES string of the molecule is CCCNCc1c(F)cccc1N1CCN(C)C(=O)C1. The van der Waals surface area contributed by atoms with Crippen LogP contribution < -0.4 is 10.2 Å². The zero-order chi connectivity index (χ0) is 14.5. The second-order valence-corrected chi connectivity index (χ2v) is 5.15. The van der Waals surface area contributed by atoms with Crippen molar-refractivity contribution in [2.24, 2.45) is 0 Å². The zero-order valence-corrected chi connectivity index (χ0v) is 12.2. The van der Waals surface area contributed by atoms with Crippen molar-refractivity contribution in [2.45, 2.75) is 19.9 Å². The molecule has 1 aliphatic rings. The lowest BCUT2D eigenvalue weighted by Gasteiger charge is -2.34. The molecule has 0 saturated carbocycles. The van der Waals surface area contributed by atoms with Crippen molar-refractivity contribution in [1.82, 2.24) is 10.2 Å². The van der Waals surface area contributed by atoms with Gasteiger partial charge in [-0.1, -0.05) is 13.0 Å². The Morgan fingerprint density at radius 2 is 2.15 bits per heavy atom. The molecule has 1 aromatic rings. The van der Waals surface area contributed by atoms with Gasteiger partial charge in [-0.3, -0.25) is 4.79 Å². The van der Waals surface area contributed by atoms with Crippen LogP contribution in [0.25, 0.3) is 0 Å². The topological polar surface area (TPSA) is 35.6 Å². The summed E-state index contributed by atoms with van der Waals surface area (Å²) < 4.78 is 14.0. The maximum Gasteiger partial charge on any atom is 0.241 e. The monoisotopic (exact) mass is 279 g/mol. The molecule has 0 atom stereocenters. The lowest BCUT2D eigenvalue weighted by atomic mass is 10.1. The Bertz CT molecular complexity index is 478. The molecule has 1 N–H and O–H groups in total. The van der Waals surface area contributed by atoms with Gasteiger partial charge in [-0.05, 0) is 25.1 Å². The van der Waals surface area contributed by atoms with Crippen molar-refractivity contribution >= 4 is 11.6 Å². The van der Waals surface area contributed by atoms with Crippen LogP contribution in [0.3, 0.4) is 0 Å². The highest BCUT2D eigenvalue weighted by Crippen LogP contribution is 2.24. The number of carbonyl (C=O) groups is 1. The number of halogens is 1. The van der Waals surface area contributed by atoms with E-state index in [1.165, 1.54) is 6.07 Å². The normalized spacial score (nSPS) is 15.8. The fourth-order valence-electron chi connectivity index (χ4n) is 2.37. The first-order chi connectivity index (χ1) is 9.63. The lowest BCUT2D eigenvalue weighted by Crippen LogP contribution is -2.49. The van der Waals surface area contributed by atoms with E-state index in [1.54, 1.807) is 18.0 Å². The van der Waals surface area contributed by atoms with Gasteiger partial charge in [0.1, 0.15) is 5.82 Å². The summed E-state index contributed by atoms with van der Waals surface area (Å²) in [5.74, 6) is -0.134. The van der Waals surface area contributed by atoms with Crippen molar-refractivity contribution in [3.63, 3.8) is 0 Å². The first-order valence-electron chi connectivity index (χ1n) is 7.10. The Balaban J connectivity index is 2.18. The number of amides is 1. The minimum Gasteiger partial charge on any atom is -0.360 e. The number of hydrogen-bond donors (Lipinski definition) is 1. The predicted molar refractivity (Wildman–Crippen MR) is 78.2 cm³/mol. The number of rotatable bonds is 5. The maximum absolute atomic E-state index is 14.0. The Kier molecular flexibility index (Phi) is 4.95. The number of piperazine rings is 1. The van der Waals surface area contributed by atoms with E-state index in [0.717, 1.165) is 25.2 Å². The van der Waals surface area contributed by atoms with Gasteiger partial charge in [-0.15, -0.1) is 0 Å². The molecule has 1 heterocycles. The molecule has 20 heavy (non-hydrogen) atoms. The molecule has 1 aromatic carbocycles. The Hall–Kier alpha value is -1.62. The van der Waals surface area contributed by atoms with Gasteiger partial charge in [0.2, 0.25) is 5.91 Å². The summed E-state index contributed by atoms with van der Waals surface area (Å²) in [6.45, 7) is 5.17. The van der Waals surface area contributed by atoms with E-state index in [1.807, 2.05) is 11.0 Å². The average Bonchev–Trinajstić information content (AvgIpc) is 2.44. The molecule has 1 amide bonds. The number of anilines is 1. The zero-order valence-electron chi connectivity index (χ0n) is 12.2. The van der Waals surface area contributed by atoms with Crippen molar-refractivity contribution in [2.75, 3.05) is 38.1 Å². The van der Waals surface area contributed by atoms with E-state index in [-0.39, 0.29) is 11.7 Å². The molecular formula is C15H22FN3O.